The van der Waals surface area contributed by atoms with Gasteiger partial charge < -0.3 is 0 Å². The fraction of sp³-hybridized carbons (Fsp3) is 0.588. The summed E-state index contributed by atoms with van der Waals surface area (Å²) >= 11 is 0. The van der Waals surface area contributed by atoms with Crippen molar-refractivity contribution in [2.24, 2.45) is 11.8 Å². The maximum absolute atomic E-state index is 12.4. The maximum atomic E-state index is 12.4. The molecule has 0 N–H and O–H groups in total. The molecule has 0 saturated heterocycles. The average molecular weight is 259 g/mol. The van der Waals surface area contributed by atoms with Gasteiger partial charge in [-0.15, -0.1) is 0 Å². The third-order valence-electron chi connectivity index (χ3n) is 4.38. The molecule has 0 aromatic heterocycles. The number of likely N-dealkylation sites (N-methyl/N-ethyl adjacent to an activating group) is 1. The molecule has 1 aliphatic carbocycles. The molecule has 1 aromatic rings. The Hall–Kier alpha value is -1.15. The lowest BCUT2D eigenvalue weighted by molar-refractivity contribution is 0.0942. The molecule has 0 amide bonds. The number of carbonyl (C=O) groups is 1. The Bertz CT molecular complexity index is 492. The molecule has 2 rings (SSSR count). The highest BCUT2D eigenvalue weighted by Crippen LogP contribution is 2.37. The van der Waals surface area contributed by atoms with Crippen LogP contribution in [0.5, 0.6) is 0 Å². The van der Waals surface area contributed by atoms with E-state index in [9.17, 15) is 4.79 Å². The first-order valence-corrected chi connectivity index (χ1v) is 7.18. The average Bonchev–Trinajstić information content (AvgIpc) is 2.98. The predicted molar refractivity (Wildman–Crippen MR) is 79.8 cm³/mol. The van der Waals surface area contributed by atoms with Crippen molar-refractivity contribution in [1.82, 2.24) is 4.90 Å². The van der Waals surface area contributed by atoms with Crippen LogP contribution in [-0.2, 0) is 0 Å². The minimum absolute atomic E-state index is 0.247. The quantitative estimate of drug-likeness (QED) is 0.756. The van der Waals surface area contributed by atoms with E-state index in [0.29, 0.717) is 6.54 Å². The minimum Gasteiger partial charge on any atom is -0.299 e. The zero-order valence-electron chi connectivity index (χ0n) is 12.8. The van der Waals surface area contributed by atoms with Crippen molar-refractivity contribution >= 4 is 5.78 Å². The summed E-state index contributed by atoms with van der Waals surface area (Å²) in [6, 6.07) is 4.16. The fourth-order valence-electron chi connectivity index (χ4n) is 2.71. The van der Waals surface area contributed by atoms with Gasteiger partial charge in [-0.2, -0.15) is 0 Å². The standard InChI is InChI=1S/C17H25NO/c1-11-6-14(4)16(8-12(11)2)17(19)10-18(5)9-15-7-13(15)3/h6,8,13,15H,7,9-10H2,1-5H3. The van der Waals surface area contributed by atoms with Crippen molar-refractivity contribution in [2.75, 3.05) is 20.1 Å². The first-order chi connectivity index (χ1) is 8.88. The third kappa shape index (κ3) is 3.44. The SMILES string of the molecule is Cc1cc(C)c(C(=O)CN(C)CC2CC2C)cc1C. The number of ketones is 1. The molecule has 19 heavy (non-hydrogen) atoms. The van der Waals surface area contributed by atoms with Gasteiger partial charge in [-0.3, -0.25) is 9.69 Å². The summed E-state index contributed by atoms with van der Waals surface area (Å²) in [6.07, 6.45) is 1.32. The number of rotatable bonds is 5. The highest BCUT2D eigenvalue weighted by Gasteiger charge is 2.33. The Morgan fingerprint density at radius 1 is 1.21 bits per heavy atom. The Morgan fingerprint density at radius 2 is 1.79 bits per heavy atom. The molecule has 0 spiro atoms. The number of nitrogens with zero attached hydrogens (tertiary/aromatic N) is 1. The van der Waals surface area contributed by atoms with E-state index in [0.717, 1.165) is 29.5 Å². The van der Waals surface area contributed by atoms with Gasteiger partial charge in [-0.1, -0.05) is 13.0 Å². The van der Waals surface area contributed by atoms with Gasteiger partial charge in [0.1, 0.15) is 0 Å². The smallest absolute Gasteiger partial charge is 0.177 e. The van der Waals surface area contributed by atoms with E-state index >= 15 is 0 Å². The Labute approximate surface area is 116 Å². The first-order valence-electron chi connectivity index (χ1n) is 7.18. The van der Waals surface area contributed by atoms with Crippen LogP contribution in [-0.4, -0.2) is 30.8 Å². The molecule has 0 bridgehead atoms. The van der Waals surface area contributed by atoms with E-state index < -0.39 is 0 Å². The topological polar surface area (TPSA) is 20.3 Å². The number of carbonyl (C=O) groups excluding carboxylic acids is 1. The lowest BCUT2D eigenvalue weighted by Crippen LogP contribution is -2.28. The van der Waals surface area contributed by atoms with E-state index in [2.05, 4.69) is 38.8 Å². The van der Waals surface area contributed by atoms with Gasteiger partial charge in [0.05, 0.1) is 6.54 Å². The molecule has 1 saturated carbocycles. The Kier molecular flexibility index (Phi) is 4.10. The number of benzene rings is 1. The van der Waals surface area contributed by atoms with E-state index in [1.54, 1.807) is 0 Å². The van der Waals surface area contributed by atoms with Gasteiger partial charge >= 0.3 is 0 Å². The molecule has 2 heteroatoms. The normalized spacial score (nSPS) is 21.8. The van der Waals surface area contributed by atoms with E-state index in [1.165, 1.54) is 17.5 Å². The van der Waals surface area contributed by atoms with Crippen LogP contribution in [0.2, 0.25) is 0 Å². The lowest BCUT2D eigenvalue weighted by atomic mass is 9.98. The summed E-state index contributed by atoms with van der Waals surface area (Å²) in [6.45, 7) is 10.1. The molecule has 1 fully saturated rings. The third-order valence-corrected chi connectivity index (χ3v) is 4.38. The van der Waals surface area contributed by atoms with Gasteiger partial charge in [0.2, 0.25) is 0 Å². The van der Waals surface area contributed by atoms with E-state index in [4.69, 9.17) is 0 Å². The van der Waals surface area contributed by atoms with Crippen LogP contribution in [0.4, 0.5) is 0 Å². The zero-order chi connectivity index (χ0) is 14.2. The van der Waals surface area contributed by atoms with Crippen molar-refractivity contribution in [3.8, 4) is 0 Å². The summed E-state index contributed by atoms with van der Waals surface area (Å²) in [5.41, 5.74) is 4.45. The summed E-state index contributed by atoms with van der Waals surface area (Å²) < 4.78 is 0. The maximum Gasteiger partial charge on any atom is 0.177 e. The van der Waals surface area contributed by atoms with E-state index in [-0.39, 0.29) is 5.78 Å². The van der Waals surface area contributed by atoms with Crippen molar-refractivity contribution < 1.29 is 4.79 Å². The number of aryl methyl sites for hydroxylation is 3. The van der Waals surface area contributed by atoms with E-state index in [1.807, 2.05) is 13.0 Å². The van der Waals surface area contributed by atoms with Gasteiger partial charge in [0.25, 0.3) is 0 Å². The second-order valence-electron chi connectivity index (χ2n) is 6.34. The first kappa shape index (κ1) is 14.3. The molecule has 0 aliphatic heterocycles. The fourth-order valence-corrected chi connectivity index (χ4v) is 2.71. The molecule has 0 heterocycles. The number of hydrogen-bond donors (Lipinski definition) is 0. The van der Waals surface area contributed by atoms with Gasteiger partial charge in [0, 0.05) is 12.1 Å². The zero-order valence-corrected chi connectivity index (χ0v) is 12.8. The highest BCUT2D eigenvalue weighted by molar-refractivity contribution is 5.99. The van der Waals surface area contributed by atoms with Gasteiger partial charge in [-0.25, -0.2) is 0 Å². The molecule has 2 unspecified atom stereocenters. The van der Waals surface area contributed by atoms with Crippen molar-refractivity contribution in [3.63, 3.8) is 0 Å². The molecular weight excluding hydrogens is 234 g/mol. The second-order valence-corrected chi connectivity index (χ2v) is 6.34. The van der Waals surface area contributed by atoms with Crippen molar-refractivity contribution in [3.05, 3.63) is 34.4 Å². The summed E-state index contributed by atoms with van der Waals surface area (Å²) in [5, 5.41) is 0. The largest absolute Gasteiger partial charge is 0.299 e. The van der Waals surface area contributed by atoms with Crippen LogP contribution in [0.15, 0.2) is 12.1 Å². The monoisotopic (exact) mass is 259 g/mol. The molecule has 104 valence electrons. The molecule has 1 aromatic carbocycles. The van der Waals surface area contributed by atoms with Crippen molar-refractivity contribution in [2.45, 2.75) is 34.1 Å². The van der Waals surface area contributed by atoms with Crippen LogP contribution >= 0.6 is 0 Å². The van der Waals surface area contributed by atoms with Crippen LogP contribution in [0.3, 0.4) is 0 Å². The van der Waals surface area contributed by atoms with Gasteiger partial charge in [-0.05, 0) is 68.8 Å². The molecule has 2 nitrogen and oxygen atoms in total. The molecule has 2 atom stereocenters. The van der Waals surface area contributed by atoms with Crippen LogP contribution in [0, 0.1) is 32.6 Å². The predicted octanol–water partition coefficient (Wildman–Crippen LogP) is 3.38. The molecule has 0 radical (unpaired) electrons. The minimum atomic E-state index is 0.247. The molecular formula is C17H25NO. The summed E-state index contributed by atoms with van der Waals surface area (Å²) in [4.78, 5) is 14.6. The summed E-state index contributed by atoms with van der Waals surface area (Å²) in [5.74, 6) is 1.90. The number of hydrogen-bond acceptors (Lipinski definition) is 2. The van der Waals surface area contributed by atoms with Crippen LogP contribution < -0.4 is 0 Å². The van der Waals surface area contributed by atoms with Gasteiger partial charge in [0.15, 0.2) is 5.78 Å². The van der Waals surface area contributed by atoms with Crippen LogP contribution in [0.25, 0.3) is 0 Å². The number of Topliss-reactive ketones (excluding diaryl/α,β-unsaturated/α-hetero) is 1. The Balaban J connectivity index is 2.01. The second kappa shape index (κ2) is 5.46. The highest BCUT2D eigenvalue weighted by atomic mass is 16.1. The van der Waals surface area contributed by atoms with Crippen molar-refractivity contribution in [1.29, 1.82) is 0 Å². The van der Waals surface area contributed by atoms with Crippen LogP contribution in [0.1, 0.15) is 40.4 Å². The molecule has 1 aliphatic rings. The summed E-state index contributed by atoms with van der Waals surface area (Å²) in [7, 11) is 2.05. The lowest BCUT2D eigenvalue weighted by Gasteiger charge is -2.17. The Morgan fingerprint density at radius 3 is 2.37 bits per heavy atom.